The van der Waals surface area contributed by atoms with Gasteiger partial charge in [0.1, 0.15) is 0 Å². The molecule has 0 amide bonds. The smallest absolute Gasteiger partial charge is 0.267 e. The van der Waals surface area contributed by atoms with E-state index in [0.717, 1.165) is 22.5 Å². The van der Waals surface area contributed by atoms with E-state index in [9.17, 15) is 9.59 Å². The third-order valence-corrected chi connectivity index (χ3v) is 7.57. The molecule has 6 rings (SSSR count). The van der Waals surface area contributed by atoms with Gasteiger partial charge in [0.25, 0.3) is 11.1 Å². The van der Waals surface area contributed by atoms with E-state index in [1.165, 1.54) is 23.1 Å². The first-order valence-corrected chi connectivity index (χ1v) is 12.4. The van der Waals surface area contributed by atoms with Gasteiger partial charge >= 0.3 is 0 Å². The Hall–Kier alpha value is -3.76. The van der Waals surface area contributed by atoms with Gasteiger partial charge in [-0.05, 0) is 38.1 Å². The van der Waals surface area contributed by atoms with E-state index in [1.54, 1.807) is 15.0 Å². The molecule has 0 bridgehead atoms. The number of fused-ring (bicyclic) bond motifs is 4. The van der Waals surface area contributed by atoms with Crippen molar-refractivity contribution in [2.24, 2.45) is 0 Å². The molecule has 0 aliphatic carbocycles. The maximum atomic E-state index is 13.4. The molecule has 10 heteroatoms. The highest BCUT2D eigenvalue weighted by atomic mass is 32.2. The molecule has 0 aliphatic rings. The molecule has 0 N–H and O–H groups in total. The number of aromatic nitrogens is 6. The molecular weight excluding hydrogens is 468 g/mol. The Morgan fingerprint density at radius 1 is 0.971 bits per heavy atom. The third-order valence-electron chi connectivity index (χ3n) is 5.66. The fourth-order valence-electron chi connectivity index (χ4n) is 4.01. The van der Waals surface area contributed by atoms with E-state index in [4.69, 9.17) is 0 Å². The first kappa shape index (κ1) is 20.8. The number of aryl methyl sites for hydroxylation is 2. The largest absolute Gasteiger partial charge is 0.269 e. The lowest BCUT2D eigenvalue weighted by Gasteiger charge is -2.11. The van der Waals surface area contributed by atoms with Crippen molar-refractivity contribution in [2.45, 2.75) is 24.8 Å². The standard InChI is InChI=1S/C24H18N6O2S2/c1-14-7-9-17(10-8-14)29-21(32)18-5-3-4-6-19(18)30-22(29)26-27-24(30)34-13-16-11-20(31)28-15(2)12-33-23(28)25-16/h3-12H,13H2,1-2H3. The summed E-state index contributed by atoms with van der Waals surface area (Å²) in [6.45, 7) is 3.89. The van der Waals surface area contributed by atoms with Crippen molar-refractivity contribution in [3.05, 3.63) is 97.6 Å². The normalized spacial score (nSPS) is 11.7. The van der Waals surface area contributed by atoms with Crippen molar-refractivity contribution in [2.75, 3.05) is 0 Å². The van der Waals surface area contributed by atoms with Gasteiger partial charge in [0.15, 0.2) is 10.1 Å². The number of hydrogen-bond acceptors (Lipinski definition) is 7. The van der Waals surface area contributed by atoms with Crippen molar-refractivity contribution in [1.29, 1.82) is 0 Å². The summed E-state index contributed by atoms with van der Waals surface area (Å²) in [5, 5.41) is 11.9. The Bertz CT molecular complexity index is 1830. The van der Waals surface area contributed by atoms with Crippen molar-refractivity contribution in [3.63, 3.8) is 0 Å². The van der Waals surface area contributed by atoms with Crippen LogP contribution >= 0.6 is 23.1 Å². The fourth-order valence-corrected chi connectivity index (χ4v) is 5.74. The van der Waals surface area contributed by atoms with Gasteiger partial charge in [0.05, 0.1) is 22.3 Å². The molecule has 6 aromatic rings. The van der Waals surface area contributed by atoms with Gasteiger partial charge in [0, 0.05) is 22.9 Å². The molecule has 0 atom stereocenters. The number of thioether (sulfide) groups is 1. The van der Waals surface area contributed by atoms with Crippen LogP contribution < -0.4 is 11.1 Å². The fraction of sp³-hybridized carbons (Fsp3) is 0.125. The molecule has 4 aromatic heterocycles. The number of para-hydroxylation sites is 1. The van der Waals surface area contributed by atoms with Gasteiger partial charge in [0.2, 0.25) is 5.78 Å². The molecule has 0 spiro atoms. The lowest BCUT2D eigenvalue weighted by molar-refractivity contribution is 0.928. The maximum Gasteiger partial charge on any atom is 0.267 e. The van der Waals surface area contributed by atoms with Gasteiger partial charge in [-0.1, -0.05) is 41.6 Å². The summed E-state index contributed by atoms with van der Waals surface area (Å²) in [6, 6.07) is 16.7. The summed E-state index contributed by atoms with van der Waals surface area (Å²) in [5.41, 5.74) is 3.87. The minimum atomic E-state index is -0.149. The molecule has 0 unspecified atom stereocenters. The van der Waals surface area contributed by atoms with Gasteiger partial charge in [-0.3, -0.25) is 18.4 Å². The predicted octanol–water partition coefficient (Wildman–Crippen LogP) is 4.01. The van der Waals surface area contributed by atoms with Crippen molar-refractivity contribution in [3.8, 4) is 5.69 Å². The minimum Gasteiger partial charge on any atom is -0.269 e. The molecular formula is C24H18N6O2S2. The van der Waals surface area contributed by atoms with Gasteiger partial charge in [-0.15, -0.1) is 21.5 Å². The van der Waals surface area contributed by atoms with Gasteiger partial charge in [-0.25, -0.2) is 9.55 Å². The summed E-state index contributed by atoms with van der Waals surface area (Å²) in [7, 11) is 0. The lowest BCUT2D eigenvalue weighted by Crippen LogP contribution is -2.21. The highest BCUT2D eigenvalue weighted by Gasteiger charge is 2.18. The second-order valence-electron chi connectivity index (χ2n) is 7.98. The molecule has 168 valence electrons. The predicted molar refractivity (Wildman–Crippen MR) is 134 cm³/mol. The summed E-state index contributed by atoms with van der Waals surface area (Å²) >= 11 is 2.87. The average molecular weight is 487 g/mol. The zero-order valence-electron chi connectivity index (χ0n) is 18.3. The number of hydrogen-bond donors (Lipinski definition) is 0. The Balaban J connectivity index is 1.50. The van der Waals surface area contributed by atoms with Crippen LogP contribution in [0, 0.1) is 13.8 Å². The van der Waals surface area contributed by atoms with E-state index in [1.807, 2.05) is 72.2 Å². The number of nitrogens with zero attached hydrogens (tertiary/aromatic N) is 6. The van der Waals surface area contributed by atoms with Crippen molar-refractivity contribution < 1.29 is 0 Å². The zero-order valence-corrected chi connectivity index (χ0v) is 19.9. The Kier molecular flexibility index (Phi) is 4.85. The van der Waals surface area contributed by atoms with Crippen LogP contribution in [0.3, 0.4) is 0 Å². The summed E-state index contributed by atoms with van der Waals surface area (Å²) in [4.78, 5) is 31.3. The first-order valence-electron chi connectivity index (χ1n) is 10.6. The van der Waals surface area contributed by atoms with Crippen LogP contribution in [0.5, 0.6) is 0 Å². The maximum absolute atomic E-state index is 13.4. The van der Waals surface area contributed by atoms with E-state index in [0.29, 0.717) is 32.7 Å². The molecule has 0 saturated heterocycles. The Morgan fingerprint density at radius 3 is 2.59 bits per heavy atom. The molecule has 0 aliphatic heterocycles. The first-order chi connectivity index (χ1) is 16.5. The van der Waals surface area contributed by atoms with E-state index in [2.05, 4.69) is 15.2 Å². The van der Waals surface area contributed by atoms with Crippen LogP contribution in [0.1, 0.15) is 17.0 Å². The highest BCUT2D eigenvalue weighted by molar-refractivity contribution is 7.98. The van der Waals surface area contributed by atoms with E-state index in [-0.39, 0.29) is 11.1 Å². The van der Waals surface area contributed by atoms with Crippen molar-refractivity contribution >= 4 is 44.7 Å². The monoisotopic (exact) mass is 486 g/mol. The highest BCUT2D eigenvalue weighted by Crippen LogP contribution is 2.25. The topological polar surface area (TPSA) is 86.6 Å². The molecule has 0 radical (unpaired) electrons. The average Bonchev–Trinajstić information content (AvgIpc) is 3.43. The molecule has 2 aromatic carbocycles. The van der Waals surface area contributed by atoms with Crippen LogP contribution in [-0.2, 0) is 5.75 Å². The Morgan fingerprint density at radius 2 is 1.76 bits per heavy atom. The molecule has 34 heavy (non-hydrogen) atoms. The zero-order chi connectivity index (χ0) is 23.4. The number of rotatable bonds is 4. The molecule has 0 fully saturated rings. The summed E-state index contributed by atoms with van der Waals surface area (Å²) < 4.78 is 5.09. The van der Waals surface area contributed by atoms with Crippen molar-refractivity contribution in [1.82, 2.24) is 28.5 Å². The molecule has 8 nitrogen and oxygen atoms in total. The number of thiazole rings is 1. The van der Waals surface area contributed by atoms with Crippen LogP contribution in [-0.4, -0.2) is 28.5 Å². The SMILES string of the molecule is Cc1ccc(-n2c(=O)c3ccccc3n3c(SCc4cc(=O)n5c(C)csc5n4)nnc23)cc1. The van der Waals surface area contributed by atoms with Crippen LogP contribution in [0.2, 0.25) is 0 Å². The summed E-state index contributed by atoms with van der Waals surface area (Å²) in [5.74, 6) is 0.883. The third kappa shape index (κ3) is 3.25. The lowest BCUT2D eigenvalue weighted by atomic mass is 10.2. The van der Waals surface area contributed by atoms with Gasteiger partial charge < -0.3 is 0 Å². The quantitative estimate of drug-likeness (QED) is 0.350. The van der Waals surface area contributed by atoms with Gasteiger partial charge in [-0.2, -0.15) is 0 Å². The Labute approximate surface area is 201 Å². The van der Waals surface area contributed by atoms with E-state index >= 15 is 0 Å². The van der Waals surface area contributed by atoms with Crippen LogP contribution in [0.25, 0.3) is 27.3 Å². The summed E-state index contributed by atoms with van der Waals surface area (Å²) in [6.07, 6.45) is 0. The van der Waals surface area contributed by atoms with E-state index < -0.39 is 0 Å². The van der Waals surface area contributed by atoms with Crippen LogP contribution in [0.15, 0.2) is 74.7 Å². The second-order valence-corrected chi connectivity index (χ2v) is 9.76. The number of benzene rings is 2. The molecule has 0 saturated carbocycles. The van der Waals surface area contributed by atoms with Crippen LogP contribution in [0.4, 0.5) is 0 Å². The second kappa shape index (κ2) is 7.93. The molecule has 4 heterocycles. The minimum absolute atomic E-state index is 0.0934.